The van der Waals surface area contributed by atoms with Crippen molar-refractivity contribution in [2.45, 2.75) is 153 Å². The van der Waals surface area contributed by atoms with Gasteiger partial charge in [-0.1, -0.05) is 91.0 Å². The molecule has 3 aliphatic heterocycles. The Balaban J connectivity index is 1.40. The van der Waals surface area contributed by atoms with Crippen LogP contribution in [0.2, 0.25) is 0 Å². The lowest BCUT2D eigenvalue weighted by atomic mass is 9.94. The van der Waals surface area contributed by atoms with E-state index in [1.165, 1.54) is 0 Å². The maximum Gasteiger partial charge on any atom is 0.303 e. The first-order chi connectivity index (χ1) is 35.0. The van der Waals surface area contributed by atoms with Gasteiger partial charge in [0.15, 0.2) is 49.4 Å². The van der Waals surface area contributed by atoms with E-state index in [2.05, 4.69) is 5.32 Å². The number of amides is 1. The smallest absolute Gasteiger partial charge is 0.303 e. The molecule has 3 saturated heterocycles. The quantitative estimate of drug-likeness (QED) is 0.108. The predicted molar refractivity (Wildman–Crippen MR) is 247 cm³/mol. The molecule has 3 heterocycles. The van der Waals surface area contributed by atoms with E-state index in [1.54, 1.807) is 0 Å². The summed E-state index contributed by atoms with van der Waals surface area (Å²) in [6.07, 6.45) is -21.4. The first kappa shape index (κ1) is 56.3. The van der Waals surface area contributed by atoms with E-state index in [4.69, 9.17) is 61.6 Å². The molecule has 0 bridgehead atoms. The molecule has 73 heavy (non-hydrogen) atoms. The topological polar surface area (TPSA) is 255 Å². The van der Waals surface area contributed by atoms with Crippen LogP contribution in [0.3, 0.4) is 0 Å². The molecule has 22 heteroatoms. The molecule has 1 amide bonds. The number of esters is 5. The van der Waals surface area contributed by atoms with E-state index < -0.39 is 148 Å². The van der Waals surface area contributed by atoms with Crippen molar-refractivity contribution < 1.29 is 99.8 Å². The normalized spacial score (nSPS) is 30.0. The molecule has 0 spiro atoms. The average molecular weight is 1030 g/mol. The largest absolute Gasteiger partial charge is 0.463 e. The highest BCUT2D eigenvalue weighted by Gasteiger charge is 2.57. The van der Waals surface area contributed by atoms with E-state index in [9.17, 15) is 33.9 Å². The summed E-state index contributed by atoms with van der Waals surface area (Å²) in [5.74, 6) is -5.14. The van der Waals surface area contributed by atoms with Crippen LogP contribution in [0, 0.1) is 0 Å². The molecule has 3 aliphatic rings. The number of hydrogen-bond donors (Lipinski definition) is 2. The minimum absolute atomic E-state index is 0.0160. The van der Waals surface area contributed by atoms with Gasteiger partial charge in [-0.15, -0.1) is 0 Å². The third-order valence-corrected chi connectivity index (χ3v) is 11.6. The third kappa shape index (κ3) is 16.3. The van der Waals surface area contributed by atoms with E-state index in [0.29, 0.717) is 0 Å². The van der Waals surface area contributed by atoms with Crippen molar-refractivity contribution in [1.82, 2.24) is 5.32 Å². The van der Waals surface area contributed by atoms with Gasteiger partial charge in [-0.05, 0) is 16.7 Å². The molecule has 0 saturated carbocycles. The second-order valence-corrected chi connectivity index (χ2v) is 17.3. The van der Waals surface area contributed by atoms with Crippen molar-refractivity contribution in [3.05, 3.63) is 108 Å². The van der Waals surface area contributed by atoms with Crippen LogP contribution in [0.5, 0.6) is 0 Å². The summed E-state index contributed by atoms with van der Waals surface area (Å²) in [4.78, 5) is 75.6. The van der Waals surface area contributed by atoms with Gasteiger partial charge in [0.05, 0.1) is 26.4 Å². The standard InChI is InChI=1S/C51H62FNO20/c1-28(54)53-40-44(68-32(5)58)43(67-31(4)57)39(26-61-29(2)55)72-50(40)73-48-46(69-33(6)59)42(66-30(3)56)37(22-52)71-51(48)65-27-38-41(62-23-34-16-10-7-11-17-34)45(63-24-35-18-12-8-13-19-35)47(49(60)70-38)64-25-36-20-14-9-15-21-36/h7-21,37-51,60H,22-27H2,1-6H3,(H,53,54)/t37-,38-,39-,40-,41-,42-,43-,44-,45+,46+,47-,48+,49-,50+,51+/m1/s1. The maximum absolute atomic E-state index is 15.2. The lowest BCUT2D eigenvalue weighted by Gasteiger charge is -2.49. The molecule has 0 aromatic heterocycles. The van der Waals surface area contributed by atoms with Crippen molar-refractivity contribution in [3.63, 3.8) is 0 Å². The molecule has 2 N–H and O–H groups in total. The summed E-state index contributed by atoms with van der Waals surface area (Å²) < 4.78 is 94.0. The Morgan fingerprint density at radius 1 is 0.479 bits per heavy atom. The van der Waals surface area contributed by atoms with Crippen LogP contribution in [0.4, 0.5) is 4.39 Å². The predicted octanol–water partition coefficient (Wildman–Crippen LogP) is 3.08. The van der Waals surface area contributed by atoms with Crippen molar-refractivity contribution >= 4 is 35.8 Å². The second-order valence-electron chi connectivity index (χ2n) is 17.3. The van der Waals surface area contributed by atoms with Gasteiger partial charge < -0.3 is 72.0 Å². The zero-order valence-corrected chi connectivity index (χ0v) is 41.1. The minimum Gasteiger partial charge on any atom is -0.463 e. The van der Waals surface area contributed by atoms with Crippen LogP contribution in [-0.4, -0.2) is 153 Å². The Hall–Kier alpha value is -5.95. The van der Waals surface area contributed by atoms with Gasteiger partial charge >= 0.3 is 29.8 Å². The zero-order chi connectivity index (χ0) is 52.6. The third-order valence-electron chi connectivity index (χ3n) is 11.6. The lowest BCUT2D eigenvalue weighted by Crippen LogP contribution is -2.69. The van der Waals surface area contributed by atoms with E-state index in [1.807, 2.05) is 91.0 Å². The molecule has 6 rings (SSSR count). The Morgan fingerprint density at radius 3 is 1.40 bits per heavy atom. The van der Waals surface area contributed by atoms with Gasteiger partial charge in [0, 0.05) is 41.5 Å². The maximum atomic E-state index is 15.2. The number of aliphatic hydroxyl groups excluding tert-OH is 1. The zero-order valence-electron chi connectivity index (χ0n) is 41.1. The van der Waals surface area contributed by atoms with Crippen LogP contribution in [-0.2, 0) is 110 Å². The van der Waals surface area contributed by atoms with Crippen molar-refractivity contribution in [3.8, 4) is 0 Å². The van der Waals surface area contributed by atoms with Gasteiger partial charge in [-0.2, -0.15) is 0 Å². The minimum atomic E-state index is -1.83. The average Bonchev–Trinajstić information content (AvgIpc) is 3.34. The number of benzene rings is 3. The first-order valence-corrected chi connectivity index (χ1v) is 23.5. The number of ether oxygens (including phenoxy) is 13. The van der Waals surface area contributed by atoms with Crippen LogP contribution < -0.4 is 5.32 Å². The Bertz CT molecular complexity index is 2260. The molecule has 0 radical (unpaired) electrons. The highest BCUT2D eigenvalue weighted by atomic mass is 19.1. The molecule has 3 aromatic carbocycles. The number of carbonyl (C=O) groups excluding carboxylic acids is 6. The molecule has 15 atom stereocenters. The van der Waals surface area contributed by atoms with Gasteiger partial charge in [0.25, 0.3) is 0 Å². The summed E-state index contributed by atoms with van der Waals surface area (Å²) in [5.41, 5.74) is 2.35. The van der Waals surface area contributed by atoms with Gasteiger partial charge in [-0.3, -0.25) is 28.8 Å². The number of nitrogens with one attached hydrogen (secondary N) is 1. The molecular weight excluding hydrogens is 966 g/mol. The summed E-state index contributed by atoms with van der Waals surface area (Å²) in [6.45, 7) is 4.02. The fraction of sp³-hybridized carbons (Fsp3) is 0.529. The molecule has 21 nitrogen and oxygen atoms in total. The summed E-state index contributed by atoms with van der Waals surface area (Å²) in [6, 6.07) is 26.1. The monoisotopic (exact) mass is 1030 g/mol. The van der Waals surface area contributed by atoms with E-state index >= 15 is 4.39 Å². The summed E-state index contributed by atoms with van der Waals surface area (Å²) in [5, 5.41) is 14.4. The fourth-order valence-electron chi connectivity index (χ4n) is 8.59. The summed E-state index contributed by atoms with van der Waals surface area (Å²) in [7, 11) is 0. The molecule has 398 valence electrons. The van der Waals surface area contributed by atoms with Crippen LogP contribution >= 0.6 is 0 Å². The number of hydrogen-bond acceptors (Lipinski definition) is 20. The first-order valence-electron chi connectivity index (χ1n) is 23.5. The Kier molecular flexibility index (Phi) is 21.1. The number of rotatable bonds is 22. The van der Waals surface area contributed by atoms with Crippen molar-refractivity contribution in [2.24, 2.45) is 0 Å². The molecule has 3 fully saturated rings. The van der Waals surface area contributed by atoms with Crippen LogP contribution in [0.1, 0.15) is 58.2 Å². The number of aliphatic hydroxyl groups is 1. The summed E-state index contributed by atoms with van der Waals surface area (Å²) >= 11 is 0. The number of halogens is 1. The van der Waals surface area contributed by atoms with Crippen molar-refractivity contribution in [2.75, 3.05) is 19.9 Å². The second kappa shape index (κ2) is 27.4. The Labute approximate surface area is 421 Å². The Morgan fingerprint density at radius 2 is 0.918 bits per heavy atom. The van der Waals surface area contributed by atoms with Crippen molar-refractivity contribution in [1.29, 1.82) is 0 Å². The highest BCUT2D eigenvalue weighted by molar-refractivity contribution is 5.74. The van der Waals surface area contributed by atoms with Crippen LogP contribution in [0.15, 0.2) is 91.0 Å². The van der Waals surface area contributed by atoms with Gasteiger partial charge in [-0.25, -0.2) is 4.39 Å². The van der Waals surface area contributed by atoms with Crippen LogP contribution in [0.25, 0.3) is 0 Å². The van der Waals surface area contributed by atoms with Gasteiger partial charge in [0.2, 0.25) is 5.91 Å². The molecule has 0 unspecified atom stereocenters. The molecule has 0 aliphatic carbocycles. The van der Waals surface area contributed by atoms with E-state index in [-0.39, 0.29) is 19.8 Å². The molecular formula is C51H62FNO20. The SMILES string of the molecule is CC(=O)N[C@H]1[C@H](O[C@@H]2[C@@H](OC[C@H]3O[C@@H](O)[C@H](OCc4ccccc4)[C@@H](OCc4ccccc4)[C@@H]3OCc3ccccc3)O[C@H](CF)[C@@H](OC(C)=O)[C@@H]2OC(C)=O)O[C@H](COC(C)=O)[C@@H](OC(C)=O)[C@@H]1OC(C)=O. The number of alkyl halides is 1. The highest BCUT2D eigenvalue weighted by Crippen LogP contribution is 2.36. The fourth-order valence-corrected chi connectivity index (χ4v) is 8.59. The lowest BCUT2D eigenvalue weighted by molar-refractivity contribution is -0.365. The molecule has 3 aromatic rings. The number of carbonyl (C=O) groups is 6. The van der Waals surface area contributed by atoms with E-state index in [0.717, 1.165) is 58.2 Å². The van der Waals surface area contributed by atoms with Gasteiger partial charge in [0.1, 0.15) is 55.9 Å².